The van der Waals surface area contributed by atoms with Crippen LogP contribution in [0.1, 0.15) is 49.7 Å². The lowest BCUT2D eigenvalue weighted by molar-refractivity contribution is 0.00141. The minimum absolute atomic E-state index is 0.0999. The van der Waals surface area contributed by atoms with Crippen molar-refractivity contribution < 1.29 is 22.6 Å². The Hall–Kier alpha value is -4.04. The third kappa shape index (κ3) is 6.07. The number of methoxy groups -OCH3 is 2. The molecule has 4 aromatic heterocycles. The van der Waals surface area contributed by atoms with Crippen LogP contribution >= 0.6 is 0 Å². The Balaban J connectivity index is 1.85. The summed E-state index contributed by atoms with van der Waals surface area (Å²) in [5.74, 6) is 0.498. The molecular weight excluding hydrogens is 536 g/mol. The van der Waals surface area contributed by atoms with E-state index in [2.05, 4.69) is 35.1 Å². The molecule has 0 aliphatic heterocycles. The summed E-state index contributed by atoms with van der Waals surface area (Å²) < 4.78 is 46.4. The second kappa shape index (κ2) is 12.0. The fourth-order valence-corrected chi connectivity index (χ4v) is 5.44. The molecule has 13 nitrogen and oxygen atoms in total. The smallest absolute Gasteiger partial charge is 0.245 e. The number of hydrogen-bond acceptors (Lipinski definition) is 12. The Morgan fingerprint density at radius 2 is 1.52 bits per heavy atom. The lowest BCUT2D eigenvalue weighted by atomic mass is 10.2. The summed E-state index contributed by atoms with van der Waals surface area (Å²) in [6.07, 6.45) is 6.67. The number of pyridine rings is 1. The summed E-state index contributed by atoms with van der Waals surface area (Å²) >= 11 is 0. The highest BCUT2D eigenvalue weighted by Gasteiger charge is 2.36. The van der Waals surface area contributed by atoms with Gasteiger partial charge in [-0.2, -0.15) is 9.97 Å². The van der Waals surface area contributed by atoms with E-state index in [1.165, 1.54) is 25.1 Å². The van der Waals surface area contributed by atoms with Gasteiger partial charge in [0.2, 0.25) is 11.8 Å². The summed E-state index contributed by atoms with van der Waals surface area (Å²) in [5.41, 5.74) is 2.58. The van der Waals surface area contributed by atoms with Crippen LogP contribution in [0.5, 0.6) is 11.8 Å². The van der Waals surface area contributed by atoms with Gasteiger partial charge in [-0.25, -0.2) is 18.4 Å². The van der Waals surface area contributed by atoms with E-state index in [1.54, 1.807) is 31.7 Å². The number of rotatable bonds is 11. The Morgan fingerprint density at radius 3 is 2.10 bits per heavy atom. The second-order valence-corrected chi connectivity index (χ2v) is 11.9. The van der Waals surface area contributed by atoms with Crippen LogP contribution < -0.4 is 9.47 Å². The van der Waals surface area contributed by atoms with E-state index in [9.17, 15) is 8.42 Å². The van der Waals surface area contributed by atoms with Crippen molar-refractivity contribution >= 4 is 9.84 Å². The van der Waals surface area contributed by atoms with Gasteiger partial charge in [0.05, 0.1) is 25.6 Å². The number of aryl methyl sites for hydroxylation is 2. The third-order valence-corrected chi connectivity index (χ3v) is 8.07. The quantitative estimate of drug-likeness (QED) is 0.261. The van der Waals surface area contributed by atoms with Gasteiger partial charge in [-0.05, 0) is 51.8 Å². The lowest BCUT2D eigenvalue weighted by Gasteiger charge is -2.25. The molecule has 0 bridgehead atoms. The maximum absolute atomic E-state index is 13.9. The molecule has 0 aliphatic rings. The summed E-state index contributed by atoms with van der Waals surface area (Å²) in [4.78, 5) is 21.4. The van der Waals surface area contributed by atoms with Crippen LogP contribution in [0.3, 0.4) is 0 Å². The van der Waals surface area contributed by atoms with Gasteiger partial charge in [-0.3, -0.25) is 9.55 Å². The van der Waals surface area contributed by atoms with E-state index in [1.807, 2.05) is 33.8 Å². The molecule has 0 saturated carbocycles. The van der Waals surface area contributed by atoms with Gasteiger partial charge in [-0.15, -0.1) is 10.2 Å². The first-order chi connectivity index (χ1) is 19.1. The van der Waals surface area contributed by atoms with Gasteiger partial charge in [0.1, 0.15) is 18.2 Å². The summed E-state index contributed by atoms with van der Waals surface area (Å²) in [6.45, 7) is 8.97. The van der Waals surface area contributed by atoms with Crippen molar-refractivity contribution in [3.05, 3.63) is 60.0 Å². The summed E-state index contributed by atoms with van der Waals surface area (Å²) in [6, 6.07) is 1.86. The molecule has 0 unspecified atom stereocenters. The number of nitrogens with zero attached hydrogens (tertiary/aromatic N) is 8. The van der Waals surface area contributed by atoms with Gasteiger partial charge in [0, 0.05) is 30.4 Å². The minimum Gasteiger partial charge on any atom is -0.479 e. The van der Waals surface area contributed by atoms with Crippen molar-refractivity contribution in [2.75, 3.05) is 14.2 Å². The molecule has 4 heterocycles. The molecule has 0 aromatic carbocycles. The summed E-state index contributed by atoms with van der Waals surface area (Å²) in [5, 5.41) is 7.61. The average Bonchev–Trinajstić information content (AvgIpc) is 3.33. The van der Waals surface area contributed by atoms with Crippen molar-refractivity contribution in [1.82, 2.24) is 39.7 Å². The predicted molar refractivity (Wildman–Crippen MR) is 146 cm³/mol. The molecule has 2 atom stereocenters. The first-order valence-corrected chi connectivity index (χ1v) is 14.2. The highest BCUT2D eigenvalue weighted by Crippen LogP contribution is 2.35. The van der Waals surface area contributed by atoms with Gasteiger partial charge >= 0.3 is 0 Å². The SMILES string of the molecule is COc1ncnc(OC)c1-n1c(CS(=O)(=O)[C@@H](C)[C@@H](OC(C)C)c2ncc(C)cn2)nnc1-c1cncc(C)c1. The lowest BCUT2D eigenvalue weighted by Crippen LogP contribution is -2.32. The number of sulfone groups is 1. The standard InChI is InChI=1S/C26H32N8O5S/c1-15(2)39-22(23-28-10-17(4)11-29-23)18(5)40(35,36)13-20-32-33-24(19-8-16(3)9-27-12-19)34(20)21-25(37-6)30-14-31-26(21)38-7/h8-12,14-15,18,22H,13H2,1-7H3/t18-,22+/m0/s1. The second-order valence-electron chi connectivity index (χ2n) is 9.50. The maximum atomic E-state index is 13.9. The molecule has 40 heavy (non-hydrogen) atoms. The van der Waals surface area contributed by atoms with Gasteiger partial charge in [-0.1, -0.05) is 0 Å². The van der Waals surface area contributed by atoms with Gasteiger partial charge in [0.15, 0.2) is 33.0 Å². The molecule has 0 fully saturated rings. The zero-order chi connectivity index (χ0) is 29.0. The molecule has 4 rings (SSSR count). The van der Waals surface area contributed by atoms with Crippen molar-refractivity contribution in [2.24, 2.45) is 0 Å². The highest BCUT2D eigenvalue weighted by atomic mass is 32.2. The molecule has 0 spiro atoms. The van der Waals surface area contributed by atoms with Crippen molar-refractivity contribution in [1.29, 1.82) is 0 Å². The maximum Gasteiger partial charge on any atom is 0.245 e. The van der Waals surface area contributed by atoms with E-state index in [-0.39, 0.29) is 35.2 Å². The zero-order valence-corrected chi connectivity index (χ0v) is 24.2. The van der Waals surface area contributed by atoms with E-state index in [0.29, 0.717) is 11.4 Å². The number of aromatic nitrogens is 8. The first kappa shape index (κ1) is 29.0. The summed E-state index contributed by atoms with van der Waals surface area (Å²) in [7, 11) is -1.05. The normalized spacial score (nSPS) is 13.3. The van der Waals surface area contributed by atoms with Crippen LogP contribution in [0.4, 0.5) is 0 Å². The predicted octanol–water partition coefficient (Wildman–Crippen LogP) is 3.01. The minimum atomic E-state index is -3.93. The molecule has 4 aromatic rings. The molecule has 0 N–H and O–H groups in total. The Labute approximate surface area is 233 Å². The average molecular weight is 569 g/mol. The topological polar surface area (TPSA) is 157 Å². The Bertz CT molecular complexity index is 1550. The number of ether oxygens (including phenoxy) is 3. The van der Waals surface area contributed by atoms with Crippen LogP contribution in [0.25, 0.3) is 17.1 Å². The molecule has 0 amide bonds. The van der Waals surface area contributed by atoms with Gasteiger partial charge in [0.25, 0.3) is 0 Å². The van der Waals surface area contributed by atoms with Crippen LogP contribution in [-0.4, -0.2) is 73.7 Å². The van der Waals surface area contributed by atoms with E-state index >= 15 is 0 Å². The molecule has 0 radical (unpaired) electrons. The monoisotopic (exact) mass is 568 g/mol. The van der Waals surface area contributed by atoms with Crippen molar-refractivity contribution in [3.63, 3.8) is 0 Å². The van der Waals surface area contributed by atoms with Crippen LogP contribution in [0.2, 0.25) is 0 Å². The largest absolute Gasteiger partial charge is 0.479 e. The Morgan fingerprint density at radius 1 is 0.875 bits per heavy atom. The van der Waals surface area contributed by atoms with Crippen LogP contribution in [0.15, 0.2) is 37.2 Å². The van der Waals surface area contributed by atoms with E-state index in [4.69, 9.17) is 14.2 Å². The first-order valence-electron chi connectivity index (χ1n) is 12.5. The molecule has 14 heteroatoms. The van der Waals surface area contributed by atoms with Gasteiger partial charge < -0.3 is 14.2 Å². The van der Waals surface area contributed by atoms with Crippen molar-refractivity contribution in [3.8, 4) is 28.8 Å². The zero-order valence-electron chi connectivity index (χ0n) is 23.4. The molecular formula is C26H32N8O5S. The van der Waals surface area contributed by atoms with E-state index < -0.39 is 26.9 Å². The molecule has 0 aliphatic carbocycles. The number of hydrogen-bond donors (Lipinski definition) is 0. The van der Waals surface area contributed by atoms with Crippen LogP contribution in [-0.2, 0) is 20.3 Å². The fourth-order valence-electron chi connectivity index (χ4n) is 4.07. The molecule has 0 saturated heterocycles. The Kier molecular flexibility index (Phi) is 8.69. The van der Waals surface area contributed by atoms with E-state index in [0.717, 1.165) is 11.1 Å². The highest BCUT2D eigenvalue weighted by molar-refractivity contribution is 7.91. The van der Waals surface area contributed by atoms with Crippen LogP contribution in [0, 0.1) is 13.8 Å². The van der Waals surface area contributed by atoms with Crippen molar-refractivity contribution in [2.45, 2.75) is 57.8 Å². The fraction of sp³-hybridized carbons (Fsp3) is 0.423. The third-order valence-electron chi connectivity index (χ3n) is 6.03. The molecule has 212 valence electrons.